The second-order valence-electron chi connectivity index (χ2n) is 5.44. The zero-order valence-corrected chi connectivity index (χ0v) is 12.3. The maximum Gasteiger partial charge on any atom is 0.326 e. The molecular weight excluding hydrogens is 270 g/mol. The molecule has 1 amide bonds. The maximum atomic E-state index is 12.5. The quantitative estimate of drug-likeness (QED) is 0.871. The summed E-state index contributed by atoms with van der Waals surface area (Å²) in [5.41, 5.74) is 0.828. The second-order valence-corrected chi connectivity index (χ2v) is 5.44. The van der Waals surface area contributed by atoms with Crippen LogP contribution < -0.4 is 10.1 Å². The lowest BCUT2D eigenvalue weighted by Crippen LogP contribution is -2.47. The molecule has 3 atom stereocenters. The molecule has 1 aliphatic rings. The summed E-state index contributed by atoms with van der Waals surface area (Å²) in [6.45, 7) is 4.21. The van der Waals surface area contributed by atoms with Gasteiger partial charge in [0.2, 0.25) is 5.91 Å². The number of carbonyl (C=O) groups is 2. The number of para-hydroxylation sites is 1. The van der Waals surface area contributed by atoms with Crippen LogP contribution in [0.2, 0.25) is 0 Å². The van der Waals surface area contributed by atoms with E-state index in [2.05, 4.69) is 5.32 Å². The highest BCUT2D eigenvalue weighted by Gasteiger charge is 2.32. The number of hydrogen-bond acceptors (Lipinski definition) is 3. The van der Waals surface area contributed by atoms with Gasteiger partial charge in [0, 0.05) is 5.56 Å². The van der Waals surface area contributed by atoms with Gasteiger partial charge in [0.05, 0.1) is 12.5 Å². The number of amides is 1. The molecule has 0 saturated heterocycles. The van der Waals surface area contributed by atoms with Crippen LogP contribution in [0, 0.1) is 5.92 Å². The fourth-order valence-electron chi connectivity index (χ4n) is 2.55. The molecule has 1 aromatic rings. The van der Waals surface area contributed by atoms with E-state index in [4.69, 9.17) is 4.74 Å². The van der Waals surface area contributed by atoms with Crippen LogP contribution in [0.1, 0.15) is 38.2 Å². The minimum atomic E-state index is -0.988. The van der Waals surface area contributed by atoms with Crippen molar-refractivity contribution < 1.29 is 19.4 Å². The van der Waals surface area contributed by atoms with Crippen LogP contribution in [0.3, 0.4) is 0 Å². The summed E-state index contributed by atoms with van der Waals surface area (Å²) in [7, 11) is 0. The Bertz CT molecular complexity index is 529. The number of ether oxygens (including phenoxy) is 1. The van der Waals surface area contributed by atoms with Crippen LogP contribution in [0.5, 0.6) is 5.75 Å². The average molecular weight is 291 g/mol. The Morgan fingerprint density at radius 2 is 2.14 bits per heavy atom. The van der Waals surface area contributed by atoms with Gasteiger partial charge in [-0.05, 0) is 18.4 Å². The van der Waals surface area contributed by atoms with E-state index in [1.165, 1.54) is 0 Å². The molecule has 2 N–H and O–H groups in total. The fraction of sp³-hybridized carbons (Fsp3) is 0.500. The van der Waals surface area contributed by atoms with Gasteiger partial charge in [-0.25, -0.2) is 4.79 Å². The van der Waals surface area contributed by atoms with Crippen molar-refractivity contribution in [2.45, 2.75) is 38.6 Å². The lowest BCUT2D eigenvalue weighted by atomic mass is 9.91. The number of benzene rings is 1. The van der Waals surface area contributed by atoms with Crippen molar-refractivity contribution in [2.75, 3.05) is 6.61 Å². The van der Waals surface area contributed by atoms with E-state index < -0.39 is 12.0 Å². The Morgan fingerprint density at radius 3 is 2.81 bits per heavy atom. The van der Waals surface area contributed by atoms with Gasteiger partial charge in [-0.3, -0.25) is 4.79 Å². The van der Waals surface area contributed by atoms with Gasteiger partial charge in [0.1, 0.15) is 11.8 Å². The van der Waals surface area contributed by atoms with Crippen molar-refractivity contribution in [3.63, 3.8) is 0 Å². The first kappa shape index (κ1) is 15.4. The van der Waals surface area contributed by atoms with Crippen LogP contribution in [-0.2, 0) is 9.59 Å². The van der Waals surface area contributed by atoms with Gasteiger partial charge in [-0.15, -0.1) is 0 Å². The van der Waals surface area contributed by atoms with Gasteiger partial charge < -0.3 is 15.2 Å². The summed E-state index contributed by atoms with van der Waals surface area (Å²) in [6.07, 6.45) is 1.26. The highest BCUT2D eigenvalue weighted by Crippen LogP contribution is 2.33. The first-order chi connectivity index (χ1) is 10.0. The number of hydrogen-bond donors (Lipinski definition) is 2. The van der Waals surface area contributed by atoms with Gasteiger partial charge >= 0.3 is 5.97 Å². The van der Waals surface area contributed by atoms with Gasteiger partial charge in [0.15, 0.2) is 0 Å². The number of carboxylic acid groups (broad SMARTS) is 1. The molecule has 5 nitrogen and oxygen atoms in total. The van der Waals surface area contributed by atoms with Crippen LogP contribution in [0.25, 0.3) is 0 Å². The number of aliphatic carboxylic acids is 1. The number of fused-ring (bicyclic) bond motifs is 1. The molecule has 0 aromatic heterocycles. The Kier molecular flexibility index (Phi) is 4.83. The number of carboxylic acids is 1. The third-order valence-electron chi connectivity index (χ3n) is 4.05. The van der Waals surface area contributed by atoms with E-state index >= 15 is 0 Å². The highest BCUT2D eigenvalue weighted by atomic mass is 16.5. The largest absolute Gasteiger partial charge is 0.493 e. The van der Waals surface area contributed by atoms with Crippen molar-refractivity contribution in [1.82, 2.24) is 5.32 Å². The Labute approximate surface area is 124 Å². The summed E-state index contributed by atoms with van der Waals surface area (Å²) in [5, 5.41) is 12.0. The summed E-state index contributed by atoms with van der Waals surface area (Å²) < 4.78 is 5.53. The molecule has 0 aliphatic carbocycles. The molecule has 2 rings (SSSR count). The van der Waals surface area contributed by atoms with Crippen LogP contribution in [0.15, 0.2) is 24.3 Å². The zero-order valence-electron chi connectivity index (χ0n) is 12.3. The number of rotatable bonds is 5. The molecule has 0 spiro atoms. The Balaban J connectivity index is 2.15. The zero-order chi connectivity index (χ0) is 15.4. The summed E-state index contributed by atoms with van der Waals surface area (Å²) in [5.74, 6) is -0.974. The van der Waals surface area contributed by atoms with Crippen molar-refractivity contribution in [1.29, 1.82) is 0 Å². The molecule has 0 fully saturated rings. The second kappa shape index (κ2) is 6.61. The van der Waals surface area contributed by atoms with E-state index in [1.807, 2.05) is 38.1 Å². The van der Waals surface area contributed by atoms with E-state index in [9.17, 15) is 14.7 Å². The first-order valence-corrected chi connectivity index (χ1v) is 7.29. The molecule has 114 valence electrons. The summed E-state index contributed by atoms with van der Waals surface area (Å²) in [6, 6.07) is 6.56. The first-order valence-electron chi connectivity index (χ1n) is 7.29. The lowest BCUT2D eigenvalue weighted by molar-refractivity contribution is -0.143. The molecule has 5 heteroatoms. The minimum absolute atomic E-state index is 0.110. The molecule has 0 bridgehead atoms. The molecule has 3 unspecified atom stereocenters. The summed E-state index contributed by atoms with van der Waals surface area (Å²) >= 11 is 0. The van der Waals surface area contributed by atoms with Crippen molar-refractivity contribution in [2.24, 2.45) is 5.92 Å². The van der Waals surface area contributed by atoms with Gasteiger partial charge in [-0.2, -0.15) is 0 Å². The average Bonchev–Trinajstić information content (AvgIpc) is 2.50. The molecule has 1 aliphatic heterocycles. The van der Waals surface area contributed by atoms with Crippen LogP contribution in [-0.4, -0.2) is 29.6 Å². The van der Waals surface area contributed by atoms with Crippen LogP contribution in [0.4, 0.5) is 0 Å². The molecule has 1 heterocycles. The van der Waals surface area contributed by atoms with Crippen LogP contribution >= 0.6 is 0 Å². The van der Waals surface area contributed by atoms with E-state index in [0.29, 0.717) is 25.2 Å². The van der Waals surface area contributed by atoms with E-state index in [0.717, 1.165) is 5.56 Å². The normalized spacial score (nSPS) is 19.8. The topological polar surface area (TPSA) is 75.6 Å². The highest BCUT2D eigenvalue weighted by molar-refractivity contribution is 5.89. The van der Waals surface area contributed by atoms with Crippen molar-refractivity contribution in [3.05, 3.63) is 29.8 Å². The number of nitrogens with one attached hydrogen (secondary N) is 1. The number of carbonyl (C=O) groups excluding carboxylic acids is 1. The summed E-state index contributed by atoms with van der Waals surface area (Å²) in [4.78, 5) is 23.8. The fourth-order valence-corrected chi connectivity index (χ4v) is 2.55. The maximum absolute atomic E-state index is 12.5. The molecule has 1 aromatic carbocycles. The van der Waals surface area contributed by atoms with Crippen molar-refractivity contribution >= 4 is 11.9 Å². The minimum Gasteiger partial charge on any atom is -0.493 e. The standard InChI is InChI=1S/C16H21NO4/c1-3-10(2)14(16(19)20)17-15(18)12-8-9-21-13-7-5-4-6-11(12)13/h4-7,10,12,14H,3,8-9H2,1-2H3,(H,17,18)(H,19,20). The van der Waals surface area contributed by atoms with Crippen molar-refractivity contribution in [3.8, 4) is 5.75 Å². The molecule has 21 heavy (non-hydrogen) atoms. The molecule has 0 saturated carbocycles. The van der Waals surface area contributed by atoms with E-state index in [-0.39, 0.29) is 17.7 Å². The predicted octanol–water partition coefficient (Wildman–Crippen LogP) is 2.17. The monoisotopic (exact) mass is 291 g/mol. The lowest BCUT2D eigenvalue weighted by Gasteiger charge is -2.27. The van der Waals surface area contributed by atoms with Gasteiger partial charge in [0.25, 0.3) is 0 Å². The Hall–Kier alpha value is -2.04. The smallest absolute Gasteiger partial charge is 0.326 e. The molecular formula is C16H21NO4. The predicted molar refractivity (Wildman–Crippen MR) is 78.3 cm³/mol. The van der Waals surface area contributed by atoms with Gasteiger partial charge in [-0.1, -0.05) is 38.5 Å². The molecule has 0 radical (unpaired) electrons. The van der Waals surface area contributed by atoms with E-state index in [1.54, 1.807) is 0 Å². The SMILES string of the molecule is CCC(C)C(NC(=O)C1CCOc2ccccc21)C(=O)O. The third-order valence-corrected chi connectivity index (χ3v) is 4.05. The Morgan fingerprint density at radius 1 is 1.43 bits per heavy atom. The third kappa shape index (κ3) is 3.35.